The van der Waals surface area contributed by atoms with Gasteiger partial charge in [-0.15, -0.1) is 0 Å². The first-order valence-electron chi connectivity index (χ1n) is 5.01. The summed E-state index contributed by atoms with van der Waals surface area (Å²) < 4.78 is 5.31. The van der Waals surface area contributed by atoms with E-state index in [1.54, 1.807) is 6.26 Å². The lowest BCUT2D eigenvalue weighted by atomic mass is 10.1. The van der Waals surface area contributed by atoms with Crippen LogP contribution in [0.15, 0.2) is 29.1 Å². The van der Waals surface area contributed by atoms with Crippen LogP contribution in [0.5, 0.6) is 0 Å². The Morgan fingerprint density at radius 3 is 3.13 bits per heavy atom. The Labute approximate surface area is 87.9 Å². The normalized spacial score (nSPS) is 12.9. The SMILES string of the molecule is CCNC(Cc1ccco1)c1ncn[nH]1. The van der Waals surface area contributed by atoms with E-state index in [1.165, 1.54) is 6.33 Å². The van der Waals surface area contributed by atoms with Gasteiger partial charge in [0.2, 0.25) is 0 Å². The van der Waals surface area contributed by atoms with E-state index in [4.69, 9.17) is 4.42 Å². The second-order valence-electron chi connectivity index (χ2n) is 3.26. The van der Waals surface area contributed by atoms with Crippen molar-refractivity contribution in [1.29, 1.82) is 0 Å². The third-order valence-corrected chi connectivity index (χ3v) is 2.20. The summed E-state index contributed by atoms with van der Waals surface area (Å²) in [6, 6.07) is 3.98. The molecule has 80 valence electrons. The molecule has 2 aromatic heterocycles. The van der Waals surface area contributed by atoms with E-state index in [-0.39, 0.29) is 6.04 Å². The minimum absolute atomic E-state index is 0.128. The monoisotopic (exact) mass is 206 g/mol. The highest BCUT2D eigenvalue weighted by atomic mass is 16.3. The standard InChI is InChI=1S/C10H14N4O/c1-2-11-9(10-12-7-13-14-10)6-8-4-3-5-15-8/h3-5,7,9,11H,2,6H2,1H3,(H,12,13,14). The molecule has 0 bridgehead atoms. The fourth-order valence-electron chi connectivity index (χ4n) is 1.52. The molecule has 1 atom stereocenters. The fourth-order valence-corrected chi connectivity index (χ4v) is 1.52. The number of furan rings is 1. The van der Waals surface area contributed by atoms with Crippen molar-refractivity contribution in [2.75, 3.05) is 6.54 Å². The lowest BCUT2D eigenvalue weighted by Gasteiger charge is -2.13. The lowest BCUT2D eigenvalue weighted by molar-refractivity contribution is 0.444. The van der Waals surface area contributed by atoms with Crippen molar-refractivity contribution in [3.8, 4) is 0 Å². The second kappa shape index (κ2) is 4.75. The third kappa shape index (κ3) is 2.44. The van der Waals surface area contributed by atoms with Gasteiger partial charge in [0.1, 0.15) is 17.9 Å². The summed E-state index contributed by atoms with van der Waals surface area (Å²) in [5.41, 5.74) is 0. The van der Waals surface area contributed by atoms with E-state index in [9.17, 15) is 0 Å². The molecule has 1 unspecified atom stereocenters. The average molecular weight is 206 g/mol. The van der Waals surface area contributed by atoms with Gasteiger partial charge < -0.3 is 9.73 Å². The maximum atomic E-state index is 5.31. The zero-order valence-electron chi connectivity index (χ0n) is 8.60. The Kier molecular flexibility index (Phi) is 3.14. The first-order valence-corrected chi connectivity index (χ1v) is 5.01. The molecule has 0 amide bonds. The van der Waals surface area contributed by atoms with Crippen LogP contribution in [0.2, 0.25) is 0 Å². The number of hydrogen-bond donors (Lipinski definition) is 2. The number of rotatable bonds is 5. The number of likely N-dealkylation sites (N-methyl/N-ethyl adjacent to an activating group) is 1. The van der Waals surface area contributed by atoms with E-state index in [0.29, 0.717) is 0 Å². The molecule has 0 aliphatic rings. The van der Waals surface area contributed by atoms with Gasteiger partial charge in [0, 0.05) is 6.42 Å². The largest absolute Gasteiger partial charge is 0.469 e. The quantitative estimate of drug-likeness (QED) is 0.773. The molecule has 0 fully saturated rings. The van der Waals surface area contributed by atoms with Crippen molar-refractivity contribution in [2.45, 2.75) is 19.4 Å². The van der Waals surface area contributed by atoms with Crippen LogP contribution in [0.3, 0.4) is 0 Å². The Bertz CT molecular complexity index is 368. The Morgan fingerprint density at radius 2 is 2.53 bits per heavy atom. The van der Waals surface area contributed by atoms with Gasteiger partial charge in [0.15, 0.2) is 0 Å². The van der Waals surface area contributed by atoms with Crippen molar-refractivity contribution in [1.82, 2.24) is 20.5 Å². The van der Waals surface area contributed by atoms with Crippen LogP contribution >= 0.6 is 0 Å². The molecule has 2 aromatic rings. The highest BCUT2D eigenvalue weighted by molar-refractivity contribution is 5.04. The molecule has 5 heteroatoms. The number of aromatic nitrogens is 3. The van der Waals surface area contributed by atoms with Crippen LogP contribution < -0.4 is 5.32 Å². The van der Waals surface area contributed by atoms with Crippen molar-refractivity contribution in [3.05, 3.63) is 36.3 Å². The number of nitrogens with one attached hydrogen (secondary N) is 2. The molecule has 0 aromatic carbocycles. The van der Waals surface area contributed by atoms with Gasteiger partial charge in [-0.1, -0.05) is 6.92 Å². The van der Waals surface area contributed by atoms with Gasteiger partial charge in [-0.25, -0.2) is 4.98 Å². The molecule has 2 rings (SSSR count). The van der Waals surface area contributed by atoms with Gasteiger partial charge in [-0.05, 0) is 18.7 Å². The molecule has 2 heterocycles. The number of hydrogen-bond acceptors (Lipinski definition) is 4. The van der Waals surface area contributed by atoms with E-state index in [2.05, 4.69) is 27.4 Å². The maximum absolute atomic E-state index is 5.31. The molecule has 0 saturated carbocycles. The first-order chi connectivity index (χ1) is 7.40. The van der Waals surface area contributed by atoms with E-state index < -0.39 is 0 Å². The van der Waals surface area contributed by atoms with Crippen LogP contribution in [0.25, 0.3) is 0 Å². The van der Waals surface area contributed by atoms with Crippen LogP contribution in [0.1, 0.15) is 24.6 Å². The van der Waals surface area contributed by atoms with Gasteiger partial charge in [0.25, 0.3) is 0 Å². The number of nitrogens with zero attached hydrogens (tertiary/aromatic N) is 2. The average Bonchev–Trinajstić information content (AvgIpc) is 2.89. The van der Waals surface area contributed by atoms with Crippen molar-refractivity contribution in [3.63, 3.8) is 0 Å². The van der Waals surface area contributed by atoms with Crippen molar-refractivity contribution < 1.29 is 4.42 Å². The molecule has 2 N–H and O–H groups in total. The summed E-state index contributed by atoms with van der Waals surface area (Å²) in [5, 5.41) is 10.0. The zero-order chi connectivity index (χ0) is 10.5. The molecular weight excluding hydrogens is 192 g/mol. The minimum atomic E-state index is 0.128. The molecule has 0 saturated heterocycles. The second-order valence-corrected chi connectivity index (χ2v) is 3.26. The predicted octanol–water partition coefficient (Wildman–Crippen LogP) is 1.29. The Hall–Kier alpha value is -1.62. The van der Waals surface area contributed by atoms with E-state index >= 15 is 0 Å². The topological polar surface area (TPSA) is 66.7 Å². The van der Waals surface area contributed by atoms with Gasteiger partial charge in [-0.3, -0.25) is 5.10 Å². The third-order valence-electron chi connectivity index (χ3n) is 2.20. The van der Waals surface area contributed by atoms with Gasteiger partial charge >= 0.3 is 0 Å². The van der Waals surface area contributed by atoms with Crippen LogP contribution in [0, 0.1) is 0 Å². The summed E-state index contributed by atoms with van der Waals surface area (Å²) in [6.45, 7) is 2.94. The van der Waals surface area contributed by atoms with Crippen LogP contribution in [-0.4, -0.2) is 21.7 Å². The molecule has 0 radical (unpaired) electrons. The molecule has 15 heavy (non-hydrogen) atoms. The molecule has 5 nitrogen and oxygen atoms in total. The van der Waals surface area contributed by atoms with Crippen LogP contribution in [0.4, 0.5) is 0 Å². The van der Waals surface area contributed by atoms with Gasteiger partial charge in [-0.2, -0.15) is 5.10 Å². The molecule has 0 aliphatic heterocycles. The zero-order valence-corrected chi connectivity index (χ0v) is 8.60. The fraction of sp³-hybridized carbons (Fsp3) is 0.400. The predicted molar refractivity (Wildman–Crippen MR) is 55.2 cm³/mol. The summed E-state index contributed by atoms with van der Waals surface area (Å²) in [5.74, 6) is 1.78. The smallest absolute Gasteiger partial charge is 0.141 e. The number of H-pyrrole nitrogens is 1. The van der Waals surface area contributed by atoms with E-state index in [1.807, 2.05) is 12.1 Å². The Balaban J connectivity index is 2.07. The van der Waals surface area contributed by atoms with Crippen molar-refractivity contribution in [2.24, 2.45) is 0 Å². The highest BCUT2D eigenvalue weighted by Gasteiger charge is 2.14. The highest BCUT2D eigenvalue weighted by Crippen LogP contribution is 2.14. The summed E-state index contributed by atoms with van der Waals surface area (Å²) in [4.78, 5) is 4.14. The molecule has 0 aliphatic carbocycles. The maximum Gasteiger partial charge on any atom is 0.141 e. The summed E-state index contributed by atoms with van der Waals surface area (Å²) >= 11 is 0. The molecule has 0 spiro atoms. The number of aromatic amines is 1. The lowest BCUT2D eigenvalue weighted by Crippen LogP contribution is -2.23. The molecular formula is C10H14N4O. The van der Waals surface area contributed by atoms with Crippen molar-refractivity contribution >= 4 is 0 Å². The Morgan fingerprint density at radius 1 is 1.60 bits per heavy atom. The first kappa shape index (κ1) is 9.92. The van der Waals surface area contributed by atoms with Crippen LogP contribution in [-0.2, 0) is 6.42 Å². The summed E-state index contributed by atoms with van der Waals surface area (Å²) in [6.07, 6.45) is 3.97. The van der Waals surface area contributed by atoms with Gasteiger partial charge in [0.05, 0.1) is 12.3 Å². The minimum Gasteiger partial charge on any atom is -0.469 e. The van der Waals surface area contributed by atoms with E-state index in [0.717, 1.165) is 24.6 Å². The summed E-state index contributed by atoms with van der Waals surface area (Å²) in [7, 11) is 0.